The SMILES string of the molecule is CCC1C(=O)NCCN1S(=O)(=O)c1c(C)csc1C(=O)O. The number of nitrogens with one attached hydrogen (secondary N) is 1. The second-order valence-corrected chi connectivity index (χ2v) is 7.42. The molecule has 1 fully saturated rings. The first-order valence-electron chi connectivity index (χ1n) is 6.41. The smallest absolute Gasteiger partial charge is 0.347 e. The van der Waals surface area contributed by atoms with Gasteiger partial charge < -0.3 is 10.4 Å². The lowest BCUT2D eigenvalue weighted by atomic mass is 10.2. The number of piperazine rings is 1. The predicted octanol–water partition coefficient (Wildman–Crippen LogP) is 0.654. The van der Waals surface area contributed by atoms with E-state index in [0.29, 0.717) is 12.0 Å². The first-order valence-corrected chi connectivity index (χ1v) is 8.73. The second-order valence-electron chi connectivity index (χ2n) is 4.71. The van der Waals surface area contributed by atoms with Gasteiger partial charge in [0.05, 0.1) is 0 Å². The quantitative estimate of drug-likeness (QED) is 0.843. The van der Waals surface area contributed by atoms with Gasteiger partial charge in [-0.25, -0.2) is 13.2 Å². The van der Waals surface area contributed by atoms with E-state index in [9.17, 15) is 18.0 Å². The van der Waals surface area contributed by atoms with Crippen molar-refractivity contribution in [3.63, 3.8) is 0 Å². The first-order chi connectivity index (χ1) is 9.80. The van der Waals surface area contributed by atoms with Crippen molar-refractivity contribution in [2.24, 2.45) is 0 Å². The molecule has 1 aromatic heterocycles. The van der Waals surface area contributed by atoms with Crippen molar-refractivity contribution in [2.75, 3.05) is 13.1 Å². The van der Waals surface area contributed by atoms with Crippen LogP contribution in [-0.2, 0) is 14.8 Å². The lowest BCUT2D eigenvalue weighted by molar-refractivity contribution is -0.126. The molecule has 0 saturated carbocycles. The Hall–Kier alpha value is -1.45. The van der Waals surface area contributed by atoms with Gasteiger partial charge in [0, 0.05) is 13.1 Å². The standard InChI is InChI=1S/C12H16N2O5S2/c1-3-8-11(15)13-4-5-14(8)21(18,19)10-7(2)6-20-9(10)12(16)17/h6,8H,3-5H2,1-2H3,(H,13,15)(H,16,17). The van der Waals surface area contributed by atoms with Gasteiger partial charge in [0.2, 0.25) is 15.9 Å². The highest BCUT2D eigenvalue weighted by Gasteiger charge is 2.40. The summed E-state index contributed by atoms with van der Waals surface area (Å²) in [5.41, 5.74) is 0.387. The van der Waals surface area contributed by atoms with Gasteiger partial charge in [-0.1, -0.05) is 6.92 Å². The lowest BCUT2D eigenvalue weighted by Crippen LogP contribution is -2.56. The van der Waals surface area contributed by atoms with Crippen molar-refractivity contribution in [1.29, 1.82) is 0 Å². The van der Waals surface area contributed by atoms with Crippen molar-refractivity contribution >= 4 is 33.2 Å². The summed E-state index contributed by atoms with van der Waals surface area (Å²) in [5.74, 6) is -1.63. The third-order valence-electron chi connectivity index (χ3n) is 3.35. The van der Waals surface area contributed by atoms with Gasteiger partial charge in [0.15, 0.2) is 0 Å². The Kier molecular flexibility index (Phi) is 4.35. The van der Waals surface area contributed by atoms with Crippen LogP contribution in [-0.4, -0.2) is 48.8 Å². The highest BCUT2D eigenvalue weighted by Crippen LogP contribution is 2.31. The molecule has 0 aromatic carbocycles. The molecule has 0 radical (unpaired) electrons. The van der Waals surface area contributed by atoms with Crippen LogP contribution in [0.15, 0.2) is 10.3 Å². The van der Waals surface area contributed by atoms with Crippen LogP contribution in [0, 0.1) is 6.92 Å². The number of hydrogen-bond donors (Lipinski definition) is 2. The summed E-state index contributed by atoms with van der Waals surface area (Å²) < 4.78 is 26.7. The molecule has 1 aromatic rings. The molecular weight excluding hydrogens is 316 g/mol. The summed E-state index contributed by atoms with van der Waals surface area (Å²) in [4.78, 5) is 22.6. The summed E-state index contributed by atoms with van der Waals surface area (Å²) in [6.45, 7) is 3.64. The molecule has 2 N–H and O–H groups in total. The molecule has 1 aliphatic heterocycles. The normalized spacial score (nSPS) is 20.3. The maximum Gasteiger partial charge on any atom is 0.347 e. The van der Waals surface area contributed by atoms with E-state index in [1.807, 2.05) is 0 Å². The fraction of sp³-hybridized carbons (Fsp3) is 0.500. The predicted molar refractivity (Wildman–Crippen MR) is 77.0 cm³/mol. The summed E-state index contributed by atoms with van der Waals surface area (Å²) in [6.07, 6.45) is 0.330. The molecule has 1 aliphatic rings. The molecule has 116 valence electrons. The average Bonchev–Trinajstić information content (AvgIpc) is 2.81. The summed E-state index contributed by atoms with van der Waals surface area (Å²) in [7, 11) is -4.02. The van der Waals surface area contributed by atoms with Gasteiger partial charge in [-0.15, -0.1) is 11.3 Å². The molecule has 0 bridgehead atoms. The Morgan fingerprint density at radius 2 is 2.24 bits per heavy atom. The van der Waals surface area contributed by atoms with Gasteiger partial charge in [-0.2, -0.15) is 4.31 Å². The third-order valence-corrected chi connectivity index (χ3v) is 6.66. The van der Waals surface area contributed by atoms with Crippen molar-refractivity contribution in [2.45, 2.75) is 31.2 Å². The molecule has 2 heterocycles. The maximum atomic E-state index is 12.8. The molecular formula is C12H16N2O5S2. The van der Waals surface area contributed by atoms with Crippen LogP contribution in [0.4, 0.5) is 0 Å². The summed E-state index contributed by atoms with van der Waals surface area (Å²) in [6, 6.07) is -0.801. The number of carboxylic acid groups (broad SMARTS) is 1. The molecule has 7 nitrogen and oxygen atoms in total. The highest BCUT2D eigenvalue weighted by atomic mass is 32.2. The van der Waals surface area contributed by atoms with Crippen LogP contribution >= 0.6 is 11.3 Å². The van der Waals surface area contributed by atoms with Gasteiger partial charge >= 0.3 is 5.97 Å². The maximum absolute atomic E-state index is 12.8. The Balaban J connectivity index is 2.54. The number of carboxylic acids is 1. The summed E-state index contributed by atoms with van der Waals surface area (Å²) >= 11 is 0.879. The second kappa shape index (κ2) is 5.74. The number of aryl methyl sites for hydroxylation is 1. The summed E-state index contributed by atoms with van der Waals surface area (Å²) in [5, 5.41) is 13.3. The number of aromatic carboxylic acids is 1. The van der Waals surface area contributed by atoms with Crippen LogP contribution in [0.1, 0.15) is 28.6 Å². The lowest BCUT2D eigenvalue weighted by Gasteiger charge is -2.33. The molecule has 9 heteroatoms. The van der Waals surface area contributed by atoms with Gasteiger partial charge in [-0.3, -0.25) is 4.79 Å². The van der Waals surface area contributed by atoms with Crippen LogP contribution < -0.4 is 5.32 Å². The van der Waals surface area contributed by atoms with E-state index in [0.717, 1.165) is 15.6 Å². The molecule has 21 heavy (non-hydrogen) atoms. The number of carbonyl (C=O) groups excluding carboxylic acids is 1. The third kappa shape index (κ3) is 2.68. The number of carbonyl (C=O) groups is 2. The molecule has 0 spiro atoms. The Bertz CT molecular complexity index is 680. The average molecular weight is 332 g/mol. The van der Waals surface area contributed by atoms with Crippen LogP contribution in [0.3, 0.4) is 0 Å². The zero-order valence-electron chi connectivity index (χ0n) is 11.6. The molecule has 1 unspecified atom stereocenters. The Morgan fingerprint density at radius 1 is 1.57 bits per heavy atom. The van der Waals surface area contributed by atoms with Crippen molar-refractivity contribution in [3.8, 4) is 0 Å². The fourth-order valence-corrected chi connectivity index (χ4v) is 5.64. The highest BCUT2D eigenvalue weighted by molar-refractivity contribution is 7.89. The molecule has 0 aliphatic carbocycles. The number of thiophene rings is 1. The molecule has 1 amide bonds. The first kappa shape index (κ1) is 15.9. The van der Waals surface area contributed by atoms with E-state index in [-0.39, 0.29) is 28.8 Å². The largest absolute Gasteiger partial charge is 0.477 e. The number of nitrogens with zero attached hydrogens (tertiary/aromatic N) is 1. The minimum Gasteiger partial charge on any atom is -0.477 e. The van der Waals surface area contributed by atoms with Gasteiger partial charge in [0.25, 0.3) is 0 Å². The fourth-order valence-electron chi connectivity index (χ4n) is 2.39. The minimum absolute atomic E-state index is 0.140. The van der Waals surface area contributed by atoms with Crippen molar-refractivity contribution in [3.05, 3.63) is 15.8 Å². The van der Waals surface area contributed by atoms with Gasteiger partial charge in [0.1, 0.15) is 15.8 Å². The number of rotatable bonds is 4. The number of amides is 1. The Morgan fingerprint density at radius 3 is 2.81 bits per heavy atom. The monoisotopic (exact) mass is 332 g/mol. The molecule has 2 rings (SSSR count). The van der Waals surface area contributed by atoms with Gasteiger partial charge in [-0.05, 0) is 24.3 Å². The molecule has 1 atom stereocenters. The number of hydrogen-bond acceptors (Lipinski definition) is 5. The topological polar surface area (TPSA) is 104 Å². The van der Waals surface area contributed by atoms with Crippen molar-refractivity contribution in [1.82, 2.24) is 9.62 Å². The zero-order chi connectivity index (χ0) is 15.8. The Labute approximate surface area is 126 Å². The van der Waals surface area contributed by atoms with Crippen LogP contribution in [0.25, 0.3) is 0 Å². The van der Waals surface area contributed by atoms with Crippen molar-refractivity contribution < 1.29 is 23.1 Å². The van der Waals surface area contributed by atoms with E-state index in [1.54, 1.807) is 13.8 Å². The molecule has 1 saturated heterocycles. The van der Waals surface area contributed by atoms with E-state index >= 15 is 0 Å². The van der Waals surface area contributed by atoms with Crippen LogP contribution in [0.2, 0.25) is 0 Å². The van der Waals surface area contributed by atoms with E-state index in [1.165, 1.54) is 5.38 Å². The van der Waals surface area contributed by atoms with E-state index in [2.05, 4.69) is 5.32 Å². The zero-order valence-corrected chi connectivity index (χ0v) is 13.3. The minimum atomic E-state index is -4.02. The number of sulfonamides is 1. The van der Waals surface area contributed by atoms with E-state index in [4.69, 9.17) is 5.11 Å². The van der Waals surface area contributed by atoms with Crippen LogP contribution in [0.5, 0.6) is 0 Å². The van der Waals surface area contributed by atoms with E-state index < -0.39 is 22.0 Å².